The fraction of sp³-hybridized carbons (Fsp3) is 0.462. The summed E-state index contributed by atoms with van der Waals surface area (Å²) in [6.07, 6.45) is -3.97. The van der Waals surface area contributed by atoms with E-state index in [0.717, 1.165) is 18.4 Å². The second kappa shape index (κ2) is 5.79. The Morgan fingerprint density at radius 2 is 2.09 bits per heavy atom. The number of halogens is 3. The standard InChI is InChI=1S/C13H16F3N3O2S/c1-8-6-17-12(19-8)18-7-9-3-4-11(22(2,20)21)10(5-9)13(14,15)16/h3-5,8H,6-7H2,1-2H3,(H2,17,18,19). The first-order valence-corrected chi connectivity index (χ1v) is 8.41. The number of nitrogens with one attached hydrogen (secondary N) is 2. The highest BCUT2D eigenvalue weighted by atomic mass is 32.2. The fourth-order valence-electron chi connectivity index (χ4n) is 2.08. The van der Waals surface area contributed by atoms with E-state index in [1.807, 2.05) is 6.92 Å². The summed E-state index contributed by atoms with van der Waals surface area (Å²) < 4.78 is 62.0. The van der Waals surface area contributed by atoms with Crippen LogP contribution in [0.25, 0.3) is 0 Å². The molecule has 1 aromatic rings. The van der Waals surface area contributed by atoms with Crippen LogP contribution in [0.1, 0.15) is 18.1 Å². The molecule has 0 aliphatic carbocycles. The molecule has 2 rings (SSSR count). The maximum absolute atomic E-state index is 13.0. The maximum Gasteiger partial charge on any atom is 0.417 e. The average molecular weight is 335 g/mol. The number of nitrogens with zero attached hydrogens (tertiary/aromatic N) is 1. The second-order valence-electron chi connectivity index (χ2n) is 5.19. The van der Waals surface area contributed by atoms with Crippen molar-refractivity contribution in [3.05, 3.63) is 29.3 Å². The third-order valence-corrected chi connectivity index (χ3v) is 4.27. The van der Waals surface area contributed by atoms with Gasteiger partial charge in [0.25, 0.3) is 0 Å². The van der Waals surface area contributed by atoms with Gasteiger partial charge in [-0.15, -0.1) is 0 Å². The number of sulfone groups is 1. The molecule has 1 aromatic carbocycles. The zero-order valence-electron chi connectivity index (χ0n) is 12.0. The number of rotatable bonds is 3. The van der Waals surface area contributed by atoms with Crippen LogP contribution in [0.4, 0.5) is 13.2 Å². The van der Waals surface area contributed by atoms with Crippen LogP contribution in [-0.2, 0) is 22.6 Å². The highest BCUT2D eigenvalue weighted by molar-refractivity contribution is 7.90. The molecule has 1 aliphatic rings. The minimum Gasteiger partial charge on any atom is -0.352 e. The van der Waals surface area contributed by atoms with Gasteiger partial charge < -0.3 is 10.6 Å². The topological polar surface area (TPSA) is 70.6 Å². The lowest BCUT2D eigenvalue weighted by Gasteiger charge is -2.14. The largest absolute Gasteiger partial charge is 0.417 e. The van der Waals surface area contributed by atoms with Gasteiger partial charge in [0.05, 0.1) is 17.0 Å². The van der Waals surface area contributed by atoms with Gasteiger partial charge in [-0.05, 0) is 24.6 Å². The van der Waals surface area contributed by atoms with E-state index < -0.39 is 26.5 Å². The number of aliphatic imine (C=N–C) groups is 1. The zero-order chi connectivity index (χ0) is 16.5. The van der Waals surface area contributed by atoms with Gasteiger partial charge in [-0.25, -0.2) is 8.42 Å². The minimum absolute atomic E-state index is 0.117. The van der Waals surface area contributed by atoms with E-state index in [9.17, 15) is 21.6 Å². The summed E-state index contributed by atoms with van der Waals surface area (Å²) >= 11 is 0. The van der Waals surface area contributed by atoms with Crippen LogP contribution in [0.15, 0.2) is 28.1 Å². The van der Waals surface area contributed by atoms with E-state index in [4.69, 9.17) is 0 Å². The molecule has 0 saturated carbocycles. The molecule has 1 aliphatic heterocycles. The summed E-state index contributed by atoms with van der Waals surface area (Å²) in [6.45, 7) is 2.65. The molecule has 9 heteroatoms. The van der Waals surface area contributed by atoms with Gasteiger partial charge in [0, 0.05) is 18.8 Å². The Kier molecular flexibility index (Phi) is 4.37. The molecule has 1 unspecified atom stereocenters. The molecule has 0 radical (unpaired) electrons. The molecule has 0 saturated heterocycles. The van der Waals surface area contributed by atoms with Crippen LogP contribution in [0.5, 0.6) is 0 Å². The smallest absolute Gasteiger partial charge is 0.352 e. The summed E-state index contributed by atoms with van der Waals surface area (Å²) in [5, 5.41) is 5.91. The quantitative estimate of drug-likeness (QED) is 0.879. The van der Waals surface area contributed by atoms with Gasteiger partial charge in [0.15, 0.2) is 15.8 Å². The summed E-state index contributed by atoms with van der Waals surface area (Å²) in [5.41, 5.74) is -0.826. The van der Waals surface area contributed by atoms with Gasteiger partial charge in [-0.2, -0.15) is 13.2 Å². The van der Waals surface area contributed by atoms with Gasteiger partial charge in [-0.1, -0.05) is 6.07 Å². The first-order valence-electron chi connectivity index (χ1n) is 6.52. The van der Waals surface area contributed by atoms with Crippen molar-refractivity contribution in [1.29, 1.82) is 0 Å². The van der Waals surface area contributed by atoms with Gasteiger partial charge in [0.1, 0.15) is 0 Å². The highest BCUT2D eigenvalue weighted by Crippen LogP contribution is 2.34. The first kappa shape index (κ1) is 16.6. The number of guanidine groups is 1. The number of benzene rings is 1. The molecule has 0 bridgehead atoms. The Balaban J connectivity index is 2.24. The molecule has 1 atom stereocenters. The molecule has 0 aromatic heterocycles. The van der Waals surface area contributed by atoms with E-state index in [2.05, 4.69) is 15.6 Å². The predicted molar refractivity (Wildman–Crippen MR) is 76.3 cm³/mol. The van der Waals surface area contributed by atoms with E-state index >= 15 is 0 Å². The van der Waals surface area contributed by atoms with Crippen molar-refractivity contribution in [2.24, 2.45) is 4.99 Å². The van der Waals surface area contributed by atoms with Gasteiger partial charge in [-0.3, -0.25) is 4.99 Å². The fourth-order valence-corrected chi connectivity index (χ4v) is 2.97. The lowest BCUT2D eigenvalue weighted by molar-refractivity contribution is -0.139. The van der Waals surface area contributed by atoms with Crippen LogP contribution in [0.2, 0.25) is 0 Å². The molecule has 1 heterocycles. The molecule has 2 N–H and O–H groups in total. The number of hydrogen-bond acceptors (Lipinski definition) is 5. The Morgan fingerprint density at radius 1 is 1.41 bits per heavy atom. The molecule has 22 heavy (non-hydrogen) atoms. The van der Waals surface area contributed by atoms with Crippen molar-refractivity contribution in [2.75, 3.05) is 12.8 Å². The van der Waals surface area contributed by atoms with Crippen LogP contribution < -0.4 is 10.6 Å². The maximum atomic E-state index is 13.0. The zero-order valence-corrected chi connectivity index (χ0v) is 12.8. The van der Waals surface area contributed by atoms with Gasteiger partial charge >= 0.3 is 6.18 Å². The van der Waals surface area contributed by atoms with Gasteiger partial charge in [0.2, 0.25) is 0 Å². The number of hydrogen-bond donors (Lipinski definition) is 2. The summed E-state index contributed by atoms with van der Waals surface area (Å²) in [5.74, 6) is 0.522. The van der Waals surface area contributed by atoms with Crippen molar-refractivity contribution >= 4 is 15.8 Å². The molecule has 0 amide bonds. The Hall–Kier alpha value is -1.77. The Morgan fingerprint density at radius 3 is 2.59 bits per heavy atom. The van der Waals surface area contributed by atoms with E-state index in [1.165, 1.54) is 6.07 Å². The molecular formula is C13H16F3N3O2S. The SMILES string of the molecule is CC1CN=C(NCc2ccc(S(C)(=O)=O)c(C(F)(F)F)c2)N1. The van der Waals surface area contributed by atoms with Crippen LogP contribution in [-0.4, -0.2) is 33.2 Å². The summed E-state index contributed by atoms with van der Waals surface area (Å²) in [6, 6.07) is 3.38. The normalized spacial score (nSPS) is 18.8. The van der Waals surface area contributed by atoms with Crippen LogP contribution >= 0.6 is 0 Å². The molecule has 0 spiro atoms. The predicted octanol–water partition coefficient (Wildman–Crippen LogP) is 1.55. The Bertz CT molecular complexity index is 699. The monoisotopic (exact) mass is 335 g/mol. The average Bonchev–Trinajstić information content (AvgIpc) is 2.80. The molecule has 122 valence electrons. The lowest BCUT2D eigenvalue weighted by Crippen LogP contribution is -2.37. The van der Waals surface area contributed by atoms with E-state index in [-0.39, 0.29) is 12.6 Å². The highest BCUT2D eigenvalue weighted by Gasteiger charge is 2.36. The molecular weight excluding hydrogens is 319 g/mol. The third kappa shape index (κ3) is 3.90. The van der Waals surface area contributed by atoms with Crippen LogP contribution in [0.3, 0.4) is 0 Å². The van der Waals surface area contributed by atoms with Crippen molar-refractivity contribution in [1.82, 2.24) is 10.6 Å². The Labute approximate surface area is 126 Å². The minimum atomic E-state index is -4.73. The van der Waals surface area contributed by atoms with Crippen molar-refractivity contribution in [3.63, 3.8) is 0 Å². The number of alkyl halides is 3. The van der Waals surface area contributed by atoms with Crippen molar-refractivity contribution < 1.29 is 21.6 Å². The van der Waals surface area contributed by atoms with Crippen molar-refractivity contribution in [3.8, 4) is 0 Å². The third-order valence-electron chi connectivity index (χ3n) is 3.12. The lowest BCUT2D eigenvalue weighted by atomic mass is 10.1. The second-order valence-corrected chi connectivity index (χ2v) is 7.17. The van der Waals surface area contributed by atoms with Crippen LogP contribution in [0, 0.1) is 0 Å². The molecule has 5 nitrogen and oxygen atoms in total. The summed E-state index contributed by atoms with van der Waals surface area (Å²) in [4.78, 5) is 3.42. The van der Waals surface area contributed by atoms with Crippen molar-refractivity contribution in [2.45, 2.75) is 30.6 Å². The first-order chi connectivity index (χ1) is 10.1. The molecule has 0 fully saturated rings. The van der Waals surface area contributed by atoms with E-state index in [0.29, 0.717) is 18.1 Å². The van der Waals surface area contributed by atoms with E-state index in [1.54, 1.807) is 0 Å². The summed E-state index contributed by atoms with van der Waals surface area (Å²) in [7, 11) is -3.95.